The van der Waals surface area contributed by atoms with Gasteiger partial charge >= 0.3 is 0 Å². The average Bonchev–Trinajstić information content (AvgIpc) is 3.47. The Balaban J connectivity index is 1.36. The zero-order chi connectivity index (χ0) is 22.3. The van der Waals surface area contributed by atoms with Crippen LogP contribution in [0.1, 0.15) is 25.0 Å². The van der Waals surface area contributed by atoms with Gasteiger partial charge in [0, 0.05) is 18.4 Å². The highest BCUT2D eigenvalue weighted by atomic mass is 16.7. The lowest BCUT2D eigenvalue weighted by atomic mass is 9.92. The molecule has 0 amide bonds. The van der Waals surface area contributed by atoms with Crippen LogP contribution in [0.4, 0.5) is 5.82 Å². The first-order valence-electron chi connectivity index (χ1n) is 11.1. The highest BCUT2D eigenvalue weighted by Gasteiger charge is 2.38. The fourth-order valence-corrected chi connectivity index (χ4v) is 4.64. The zero-order valence-electron chi connectivity index (χ0n) is 18.1. The topological polar surface area (TPSA) is 83.9 Å². The summed E-state index contributed by atoms with van der Waals surface area (Å²) in [6.07, 6.45) is 6.11. The Kier molecular flexibility index (Phi) is 4.86. The van der Waals surface area contributed by atoms with Gasteiger partial charge in [-0.1, -0.05) is 36.4 Å². The summed E-state index contributed by atoms with van der Waals surface area (Å²) in [6, 6.07) is 19.9. The predicted molar refractivity (Wildman–Crippen MR) is 126 cm³/mol. The standard InChI is InChI=1S/C26H24N4O3/c27-25-24-22(18-6-8-21(9-7-18)33-20-4-2-1-3-5-20)16-23(30(24)29-17-28-25)19-10-12-26(13-11-19)31-14-15-32-26/h1-10,16-17H,11-15H2,(H2,27,28,29). The van der Waals surface area contributed by atoms with Gasteiger partial charge in [-0.2, -0.15) is 5.10 Å². The summed E-state index contributed by atoms with van der Waals surface area (Å²) in [4.78, 5) is 4.24. The summed E-state index contributed by atoms with van der Waals surface area (Å²) in [5.74, 6) is 1.57. The molecule has 1 spiro atoms. The van der Waals surface area contributed by atoms with E-state index in [0.717, 1.165) is 53.1 Å². The maximum absolute atomic E-state index is 6.31. The minimum atomic E-state index is -0.456. The van der Waals surface area contributed by atoms with Gasteiger partial charge in [0.15, 0.2) is 11.6 Å². The zero-order valence-corrected chi connectivity index (χ0v) is 18.1. The molecule has 2 aliphatic rings. The number of fused-ring (bicyclic) bond motifs is 1. The lowest BCUT2D eigenvalue weighted by Crippen LogP contribution is -2.31. The number of benzene rings is 2. The third kappa shape index (κ3) is 3.65. The summed E-state index contributed by atoms with van der Waals surface area (Å²) in [6.45, 7) is 1.32. The number of aromatic nitrogens is 3. The quantitative estimate of drug-likeness (QED) is 0.476. The summed E-state index contributed by atoms with van der Waals surface area (Å²) >= 11 is 0. The number of nitrogens with two attached hydrogens (primary N) is 1. The van der Waals surface area contributed by atoms with Crippen LogP contribution in [-0.2, 0) is 9.47 Å². The van der Waals surface area contributed by atoms with Crippen molar-refractivity contribution in [2.24, 2.45) is 0 Å². The normalized spacial score (nSPS) is 17.4. The molecular weight excluding hydrogens is 416 g/mol. The number of ether oxygens (including phenoxy) is 3. The molecule has 7 heteroatoms. The molecule has 1 fully saturated rings. The van der Waals surface area contributed by atoms with Crippen LogP contribution in [0.25, 0.3) is 22.2 Å². The third-order valence-corrected chi connectivity index (χ3v) is 6.30. The Morgan fingerprint density at radius 2 is 1.73 bits per heavy atom. The average molecular weight is 441 g/mol. The first kappa shape index (κ1) is 20.0. The number of rotatable bonds is 4. The van der Waals surface area contributed by atoms with Gasteiger partial charge in [0.2, 0.25) is 0 Å². The van der Waals surface area contributed by atoms with E-state index < -0.39 is 5.79 Å². The Labute approximate surface area is 191 Å². The molecule has 0 bridgehead atoms. The molecule has 166 valence electrons. The van der Waals surface area contributed by atoms with Gasteiger partial charge < -0.3 is 19.9 Å². The maximum Gasteiger partial charge on any atom is 0.172 e. The maximum atomic E-state index is 6.31. The van der Waals surface area contributed by atoms with Gasteiger partial charge in [-0.05, 0) is 47.9 Å². The van der Waals surface area contributed by atoms with Crippen molar-refractivity contribution in [1.82, 2.24) is 14.6 Å². The van der Waals surface area contributed by atoms with Crippen molar-refractivity contribution in [3.05, 3.63) is 78.8 Å². The van der Waals surface area contributed by atoms with Crippen LogP contribution < -0.4 is 10.5 Å². The SMILES string of the molecule is Nc1ncnn2c(C3=CCC4(CC3)OCCO4)cc(-c3ccc(Oc4ccccc4)cc3)c12. The Hall–Kier alpha value is -3.68. The van der Waals surface area contributed by atoms with Crippen molar-refractivity contribution in [3.8, 4) is 22.6 Å². The van der Waals surface area contributed by atoms with E-state index in [9.17, 15) is 0 Å². The molecular formula is C26H24N4O3. The predicted octanol–water partition coefficient (Wildman–Crippen LogP) is 5.08. The molecule has 1 aliphatic carbocycles. The molecule has 0 saturated carbocycles. The molecule has 0 unspecified atom stereocenters. The fraction of sp³-hybridized carbons (Fsp3) is 0.231. The number of nitrogens with zero attached hydrogens (tertiary/aromatic N) is 3. The van der Waals surface area contributed by atoms with E-state index in [1.54, 1.807) is 0 Å². The number of allylic oxidation sites excluding steroid dienone is 1. The first-order chi connectivity index (χ1) is 16.2. The smallest absolute Gasteiger partial charge is 0.172 e. The van der Waals surface area contributed by atoms with E-state index in [4.69, 9.17) is 19.9 Å². The number of para-hydroxylation sites is 1. The number of hydrogen-bond donors (Lipinski definition) is 1. The van der Waals surface area contributed by atoms with Gasteiger partial charge in [0.1, 0.15) is 23.3 Å². The summed E-state index contributed by atoms with van der Waals surface area (Å²) in [5, 5.41) is 4.52. The monoisotopic (exact) mass is 440 g/mol. The summed E-state index contributed by atoms with van der Waals surface area (Å²) in [7, 11) is 0. The molecule has 7 nitrogen and oxygen atoms in total. The van der Waals surface area contributed by atoms with Crippen LogP contribution in [-0.4, -0.2) is 33.6 Å². The van der Waals surface area contributed by atoms with Crippen LogP contribution >= 0.6 is 0 Å². The molecule has 1 aliphatic heterocycles. The third-order valence-electron chi connectivity index (χ3n) is 6.30. The van der Waals surface area contributed by atoms with Gasteiger partial charge in [0.25, 0.3) is 0 Å². The molecule has 2 aromatic carbocycles. The van der Waals surface area contributed by atoms with Crippen molar-refractivity contribution in [1.29, 1.82) is 0 Å². The van der Waals surface area contributed by atoms with Gasteiger partial charge in [-0.15, -0.1) is 0 Å². The molecule has 0 radical (unpaired) electrons. The molecule has 2 N–H and O–H groups in total. The largest absolute Gasteiger partial charge is 0.457 e. The van der Waals surface area contributed by atoms with E-state index >= 15 is 0 Å². The lowest BCUT2D eigenvalue weighted by molar-refractivity contribution is -0.159. The van der Waals surface area contributed by atoms with Crippen molar-refractivity contribution in [2.45, 2.75) is 25.0 Å². The molecule has 6 rings (SSSR count). The molecule has 4 aromatic rings. The summed E-state index contributed by atoms with van der Waals surface area (Å²) < 4.78 is 19.6. The molecule has 1 saturated heterocycles. The van der Waals surface area contributed by atoms with E-state index in [1.165, 1.54) is 11.9 Å². The first-order valence-corrected chi connectivity index (χ1v) is 11.1. The van der Waals surface area contributed by atoms with Gasteiger partial charge in [0.05, 0.1) is 18.9 Å². The van der Waals surface area contributed by atoms with E-state index in [2.05, 4.69) is 22.2 Å². The minimum absolute atomic E-state index is 0.450. The van der Waals surface area contributed by atoms with E-state index in [1.807, 2.05) is 59.1 Å². The molecule has 0 atom stereocenters. The Bertz CT molecular complexity index is 1320. The highest BCUT2D eigenvalue weighted by molar-refractivity contribution is 5.91. The van der Waals surface area contributed by atoms with Crippen molar-refractivity contribution >= 4 is 16.9 Å². The lowest BCUT2D eigenvalue weighted by Gasteiger charge is -2.30. The minimum Gasteiger partial charge on any atom is -0.457 e. The number of anilines is 1. The number of nitrogen functional groups attached to an aromatic ring is 1. The highest BCUT2D eigenvalue weighted by Crippen LogP contribution is 2.41. The van der Waals surface area contributed by atoms with Crippen LogP contribution in [0, 0.1) is 0 Å². The second-order valence-electron chi connectivity index (χ2n) is 8.33. The number of hydrogen-bond acceptors (Lipinski definition) is 6. The molecule has 3 heterocycles. The van der Waals surface area contributed by atoms with Crippen molar-refractivity contribution in [2.75, 3.05) is 18.9 Å². The summed E-state index contributed by atoms with van der Waals surface area (Å²) in [5.41, 5.74) is 11.4. The van der Waals surface area contributed by atoms with Crippen LogP contribution in [0.2, 0.25) is 0 Å². The van der Waals surface area contributed by atoms with Crippen LogP contribution in [0.5, 0.6) is 11.5 Å². The van der Waals surface area contributed by atoms with Crippen molar-refractivity contribution < 1.29 is 14.2 Å². The van der Waals surface area contributed by atoms with Crippen LogP contribution in [0.3, 0.4) is 0 Å². The Morgan fingerprint density at radius 1 is 0.970 bits per heavy atom. The van der Waals surface area contributed by atoms with Crippen LogP contribution in [0.15, 0.2) is 73.1 Å². The second-order valence-corrected chi connectivity index (χ2v) is 8.33. The molecule has 2 aromatic heterocycles. The Morgan fingerprint density at radius 3 is 2.45 bits per heavy atom. The van der Waals surface area contributed by atoms with E-state index in [0.29, 0.717) is 19.0 Å². The fourth-order valence-electron chi connectivity index (χ4n) is 4.64. The van der Waals surface area contributed by atoms with Crippen molar-refractivity contribution in [3.63, 3.8) is 0 Å². The van der Waals surface area contributed by atoms with Gasteiger partial charge in [-0.3, -0.25) is 0 Å². The molecule has 33 heavy (non-hydrogen) atoms. The van der Waals surface area contributed by atoms with Gasteiger partial charge in [-0.25, -0.2) is 9.50 Å². The second kappa shape index (κ2) is 8.03. The van der Waals surface area contributed by atoms with E-state index in [-0.39, 0.29) is 0 Å².